The van der Waals surface area contributed by atoms with Crippen LogP contribution in [0.25, 0.3) is 0 Å². The maximum absolute atomic E-state index is 8.83. The van der Waals surface area contributed by atoms with Gasteiger partial charge in [0.15, 0.2) is 5.82 Å². The van der Waals surface area contributed by atoms with Crippen LogP contribution >= 0.6 is 11.6 Å². The van der Waals surface area contributed by atoms with E-state index in [2.05, 4.69) is 15.3 Å². The number of methoxy groups -OCH3 is 1. The highest BCUT2D eigenvalue weighted by Gasteiger charge is 2.09. The lowest BCUT2D eigenvalue weighted by Gasteiger charge is -2.11. The third-order valence-electron chi connectivity index (χ3n) is 2.35. The van der Waals surface area contributed by atoms with E-state index >= 15 is 0 Å². The Morgan fingerprint density at radius 2 is 2.26 bits per heavy atom. The van der Waals surface area contributed by atoms with Gasteiger partial charge in [0.1, 0.15) is 10.8 Å². The first-order valence-electron chi connectivity index (χ1n) is 5.27. The van der Waals surface area contributed by atoms with Gasteiger partial charge >= 0.3 is 0 Å². The lowest BCUT2D eigenvalue weighted by Crippen LogP contribution is -2.01. The summed E-state index contributed by atoms with van der Waals surface area (Å²) in [6.45, 7) is 0. The van der Waals surface area contributed by atoms with Crippen molar-refractivity contribution in [3.63, 3.8) is 0 Å². The van der Waals surface area contributed by atoms with E-state index in [0.29, 0.717) is 27.8 Å². The van der Waals surface area contributed by atoms with E-state index in [0.717, 1.165) is 0 Å². The van der Waals surface area contributed by atoms with Crippen molar-refractivity contribution < 1.29 is 4.74 Å². The lowest BCUT2D eigenvalue weighted by atomic mass is 10.2. The lowest BCUT2D eigenvalue weighted by molar-refractivity contribution is 0.416. The number of nitrogen functional groups attached to an aromatic ring is 1. The molecule has 0 radical (unpaired) electrons. The molecule has 1 heterocycles. The number of nitriles is 1. The molecule has 1 aromatic carbocycles. The number of hydrogen-bond acceptors (Lipinski definition) is 6. The molecule has 0 aliphatic rings. The Hall–Kier alpha value is -2.52. The summed E-state index contributed by atoms with van der Waals surface area (Å²) in [7, 11) is 1.51. The van der Waals surface area contributed by atoms with Crippen LogP contribution in [0.4, 0.5) is 17.5 Å². The molecule has 0 aliphatic carbocycles. The number of nitrogens with zero attached hydrogens (tertiary/aromatic N) is 3. The number of rotatable bonds is 3. The van der Waals surface area contributed by atoms with Crippen LogP contribution in [0, 0.1) is 11.3 Å². The van der Waals surface area contributed by atoms with Crippen LogP contribution in [0.2, 0.25) is 5.02 Å². The smallest absolute Gasteiger partial charge is 0.222 e. The molecule has 6 nitrogen and oxygen atoms in total. The maximum atomic E-state index is 8.83. The summed E-state index contributed by atoms with van der Waals surface area (Å²) >= 11 is 5.96. The second kappa shape index (κ2) is 5.42. The minimum atomic E-state index is 0.111. The molecule has 0 unspecified atom stereocenters. The van der Waals surface area contributed by atoms with Crippen molar-refractivity contribution in [3.8, 4) is 11.8 Å². The van der Waals surface area contributed by atoms with Crippen molar-refractivity contribution >= 4 is 29.1 Å². The highest BCUT2D eigenvalue weighted by Crippen LogP contribution is 2.30. The average Bonchev–Trinajstić information content (AvgIpc) is 2.43. The van der Waals surface area contributed by atoms with Crippen LogP contribution in [0.3, 0.4) is 0 Å². The van der Waals surface area contributed by atoms with Crippen molar-refractivity contribution in [2.75, 3.05) is 18.2 Å². The normalized spacial score (nSPS) is 9.74. The molecule has 0 aliphatic heterocycles. The van der Waals surface area contributed by atoms with E-state index in [1.807, 2.05) is 6.07 Å². The Morgan fingerprint density at radius 1 is 1.47 bits per heavy atom. The molecule has 0 bridgehead atoms. The highest BCUT2D eigenvalue weighted by molar-refractivity contribution is 6.32. The van der Waals surface area contributed by atoms with Crippen LogP contribution < -0.4 is 15.8 Å². The zero-order chi connectivity index (χ0) is 13.8. The zero-order valence-corrected chi connectivity index (χ0v) is 10.8. The molecule has 2 rings (SSSR count). The van der Waals surface area contributed by atoms with Gasteiger partial charge in [-0.2, -0.15) is 10.2 Å². The first-order valence-corrected chi connectivity index (χ1v) is 5.65. The largest absolute Gasteiger partial charge is 0.495 e. The predicted molar refractivity (Wildman–Crippen MR) is 72.4 cm³/mol. The van der Waals surface area contributed by atoms with Gasteiger partial charge in [-0.3, -0.25) is 0 Å². The Balaban J connectivity index is 2.38. The molecule has 0 spiro atoms. The summed E-state index contributed by atoms with van der Waals surface area (Å²) < 4.78 is 5.20. The first-order chi connectivity index (χ1) is 9.13. The zero-order valence-electron chi connectivity index (χ0n) is 10.0. The number of anilines is 3. The van der Waals surface area contributed by atoms with Gasteiger partial charge in [0.25, 0.3) is 0 Å². The van der Waals surface area contributed by atoms with E-state index in [-0.39, 0.29) is 5.95 Å². The molecule has 0 amide bonds. The fraction of sp³-hybridized carbons (Fsp3) is 0.0833. The summed E-state index contributed by atoms with van der Waals surface area (Å²) in [4.78, 5) is 7.76. The third kappa shape index (κ3) is 2.84. The predicted octanol–water partition coefficient (Wildman–Crippen LogP) is 2.34. The van der Waals surface area contributed by atoms with Gasteiger partial charge < -0.3 is 15.8 Å². The number of aromatic nitrogens is 2. The molecule has 3 N–H and O–H groups in total. The van der Waals surface area contributed by atoms with Crippen molar-refractivity contribution in [2.24, 2.45) is 0 Å². The van der Waals surface area contributed by atoms with Crippen LogP contribution in [0.1, 0.15) is 5.56 Å². The Labute approximate surface area is 114 Å². The van der Waals surface area contributed by atoms with Gasteiger partial charge in [-0.25, -0.2) is 4.98 Å². The molecular weight excluding hydrogens is 266 g/mol. The Kier molecular flexibility index (Phi) is 3.68. The highest BCUT2D eigenvalue weighted by atomic mass is 35.5. The number of halogens is 1. The second-order valence-electron chi connectivity index (χ2n) is 3.58. The van der Waals surface area contributed by atoms with E-state index in [4.69, 9.17) is 27.3 Å². The van der Waals surface area contributed by atoms with E-state index in [9.17, 15) is 0 Å². The van der Waals surface area contributed by atoms with Crippen LogP contribution in [-0.4, -0.2) is 17.1 Å². The summed E-state index contributed by atoms with van der Waals surface area (Å²) in [5, 5.41) is 12.2. The molecule has 96 valence electrons. The average molecular weight is 276 g/mol. The van der Waals surface area contributed by atoms with Gasteiger partial charge in [-0.1, -0.05) is 11.6 Å². The van der Waals surface area contributed by atoms with Crippen molar-refractivity contribution in [1.82, 2.24) is 9.97 Å². The number of ether oxygens (including phenoxy) is 1. The van der Waals surface area contributed by atoms with Crippen LogP contribution in [0.15, 0.2) is 24.4 Å². The summed E-state index contributed by atoms with van der Waals surface area (Å²) in [6.07, 6.45) is 1.41. The van der Waals surface area contributed by atoms with Gasteiger partial charge in [0, 0.05) is 6.07 Å². The standard InChI is InChI=1S/C12H10ClN5O/c1-19-10-4-7(5-14)2-3-9(10)17-11-8(13)6-16-12(15)18-11/h2-4,6H,1H3,(H3,15,16,17,18). The molecule has 0 atom stereocenters. The number of benzene rings is 1. The van der Waals surface area contributed by atoms with Gasteiger partial charge in [0.2, 0.25) is 5.95 Å². The van der Waals surface area contributed by atoms with E-state index < -0.39 is 0 Å². The monoisotopic (exact) mass is 275 g/mol. The summed E-state index contributed by atoms with van der Waals surface area (Å²) in [5.41, 5.74) is 6.62. The molecule has 0 saturated heterocycles. The minimum absolute atomic E-state index is 0.111. The topological polar surface area (TPSA) is 96.8 Å². The molecule has 0 saturated carbocycles. The number of nitrogens with two attached hydrogens (primary N) is 1. The molecular formula is C12H10ClN5O. The third-order valence-corrected chi connectivity index (χ3v) is 2.62. The van der Waals surface area contributed by atoms with Crippen molar-refractivity contribution in [1.29, 1.82) is 5.26 Å². The molecule has 19 heavy (non-hydrogen) atoms. The number of hydrogen-bond donors (Lipinski definition) is 2. The van der Waals surface area contributed by atoms with Gasteiger partial charge in [0.05, 0.1) is 30.6 Å². The van der Waals surface area contributed by atoms with Crippen LogP contribution in [0.5, 0.6) is 5.75 Å². The van der Waals surface area contributed by atoms with Crippen LogP contribution in [-0.2, 0) is 0 Å². The van der Waals surface area contributed by atoms with E-state index in [1.165, 1.54) is 13.3 Å². The van der Waals surface area contributed by atoms with E-state index in [1.54, 1.807) is 18.2 Å². The Morgan fingerprint density at radius 3 is 2.95 bits per heavy atom. The van der Waals surface area contributed by atoms with Crippen molar-refractivity contribution in [2.45, 2.75) is 0 Å². The fourth-order valence-electron chi connectivity index (χ4n) is 1.46. The summed E-state index contributed by atoms with van der Waals surface area (Å²) in [6, 6.07) is 7.00. The molecule has 1 aromatic heterocycles. The molecule has 2 aromatic rings. The summed E-state index contributed by atoms with van der Waals surface area (Å²) in [5.74, 6) is 0.990. The second-order valence-corrected chi connectivity index (χ2v) is 3.98. The van der Waals surface area contributed by atoms with Gasteiger partial charge in [-0.05, 0) is 12.1 Å². The van der Waals surface area contributed by atoms with Crippen molar-refractivity contribution in [3.05, 3.63) is 35.0 Å². The molecule has 0 fully saturated rings. The Bertz CT molecular complexity index is 653. The fourth-order valence-corrected chi connectivity index (χ4v) is 1.60. The maximum Gasteiger partial charge on any atom is 0.222 e. The first kappa shape index (κ1) is 12.9. The minimum Gasteiger partial charge on any atom is -0.495 e. The molecule has 7 heteroatoms. The number of nitrogens with one attached hydrogen (secondary N) is 1. The van der Waals surface area contributed by atoms with Gasteiger partial charge in [-0.15, -0.1) is 0 Å². The quantitative estimate of drug-likeness (QED) is 0.892. The SMILES string of the molecule is COc1cc(C#N)ccc1Nc1nc(N)ncc1Cl.